The highest BCUT2D eigenvalue weighted by Gasteiger charge is 2.31. The van der Waals surface area contributed by atoms with Crippen molar-refractivity contribution >= 4 is 66.6 Å². The summed E-state index contributed by atoms with van der Waals surface area (Å²) in [5, 5.41) is 6.69. The van der Waals surface area contributed by atoms with Crippen molar-refractivity contribution in [3.8, 4) is 0 Å². The molecule has 1 atom stereocenters. The van der Waals surface area contributed by atoms with E-state index in [2.05, 4.69) is 15.5 Å². The number of hydrogen-bond donors (Lipinski definition) is 2. The Labute approximate surface area is 308 Å². The van der Waals surface area contributed by atoms with Gasteiger partial charge in [-0.05, 0) is 43.0 Å². The summed E-state index contributed by atoms with van der Waals surface area (Å²) in [6, 6.07) is 10.5. The maximum Gasteiger partial charge on any atom is 0.256 e. The zero-order valence-electron chi connectivity index (χ0n) is 30.6. The van der Waals surface area contributed by atoms with Gasteiger partial charge in [0.1, 0.15) is 16.8 Å². The van der Waals surface area contributed by atoms with E-state index in [4.69, 9.17) is 9.15 Å². The molecule has 4 heterocycles. The summed E-state index contributed by atoms with van der Waals surface area (Å²) in [6.07, 6.45) is 2.96. The molecular weight excluding hydrogens is 693 g/mol. The first-order chi connectivity index (χ1) is 25.9. The maximum atomic E-state index is 16.5. The molecule has 2 aromatic heterocycles. The minimum Gasteiger partial charge on any atom is -0.451 e. The molecule has 0 spiro atoms. The molecule has 8 rings (SSSR count). The second-order valence-corrected chi connectivity index (χ2v) is 15.6. The van der Waals surface area contributed by atoms with Crippen LogP contribution < -0.4 is 31.8 Å². The second kappa shape index (κ2) is 13.8. The third kappa shape index (κ3) is 6.45. The molecule has 280 valence electrons. The summed E-state index contributed by atoms with van der Waals surface area (Å²) in [5.41, 5.74) is -0.928. The number of hydrogen-bond acceptors (Lipinski definition) is 9. The van der Waals surface area contributed by atoms with Crippen molar-refractivity contribution in [3.63, 3.8) is 0 Å². The molecule has 0 bridgehead atoms. The van der Waals surface area contributed by atoms with E-state index in [1.807, 2.05) is 20.8 Å². The fourth-order valence-corrected chi connectivity index (χ4v) is 7.92. The smallest absolute Gasteiger partial charge is 0.256 e. The Bertz CT molecular complexity index is 2660. The van der Waals surface area contributed by atoms with Crippen molar-refractivity contribution in [3.05, 3.63) is 90.7 Å². The lowest BCUT2D eigenvalue weighted by Gasteiger charge is -2.26. The number of anilines is 1. The SMILES string of the molecule is CC(C)(C)CC(=O)NC1CCN(c2c(F)cc3c(=O)c(C(=O)NCCCN4CCOCC4)cn4c5cc6c(=O)c7ccccc7c(=O)c6cc5oc2c34)C1. The number of carbonyl (C=O) groups excluding carboxylic acids is 2. The fraction of sp³-hybridized carbons (Fsp3) is 0.390. The minimum absolute atomic E-state index is 0.0451. The fourth-order valence-electron chi connectivity index (χ4n) is 7.92. The number of rotatable bonds is 8. The van der Waals surface area contributed by atoms with Crippen LogP contribution in [0.25, 0.3) is 49.1 Å². The normalized spacial score (nSPS) is 17.0. The Balaban J connectivity index is 1.27. The van der Waals surface area contributed by atoms with Crippen LogP contribution in [0, 0.1) is 11.2 Å². The van der Waals surface area contributed by atoms with Gasteiger partial charge in [0, 0.05) is 72.9 Å². The van der Waals surface area contributed by atoms with Gasteiger partial charge in [0.25, 0.3) is 5.91 Å². The standard InChI is InChI=1S/C41H42FN5O7/c1-41(2,3)20-33(48)44-23-9-12-46(21-23)35-30(42)17-28-34-39(35)54-32-19-27-26(36(49)24-7-4-5-8-25(24)37(27)50)18-31(32)47(34)22-29(38(28)51)40(52)43-10-6-11-45-13-15-53-16-14-45/h4-5,7-8,17-19,22-23H,6,9-16,20-21H2,1-3H3,(H,43,52)(H,44,48). The number of halogens is 1. The third-order valence-corrected chi connectivity index (χ3v) is 10.5. The summed E-state index contributed by atoms with van der Waals surface area (Å²) in [5.74, 6) is -1.43. The lowest BCUT2D eigenvalue weighted by Crippen LogP contribution is -2.38. The van der Waals surface area contributed by atoms with Crippen molar-refractivity contribution < 1.29 is 23.1 Å². The first-order valence-electron chi connectivity index (χ1n) is 18.5. The third-order valence-electron chi connectivity index (χ3n) is 10.5. The second-order valence-electron chi connectivity index (χ2n) is 15.6. The number of pyridine rings is 1. The predicted molar refractivity (Wildman–Crippen MR) is 207 cm³/mol. The quantitative estimate of drug-likeness (QED) is 0.132. The average molecular weight is 736 g/mol. The molecule has 0 aliphatic carbocycles. The van der Waals surface area contributed by atoms with Crippen LogP contribution in [0.1, 0.15) is 50.4 Å². The Hall–Kier alpha value is -5.40. The van der Waals surface area contributed by atoms with Gasteiger partial charge in [-0.25, -0.2) is 4.39 Å². The van der Waals surface area contributed by atoms with Gasteiger partial charge in [0.15, 0.2) is 27.8 Å². The molecule has 2 N–H and O–H groups in total. The zero-order chi connectivity index (χ0) is 37.9. The Morgan fingerprint density at radius 3 is 2.31 bits per heavy atom. The van der Waals surface area contributed by atoms with E-state index >= 15 is 4.39 Å². The van der Waals surface area contributed by atoms with Crippen LogP contribution in [0.5, 0.6) is 0 Å². The van der Waals surface area contributed by atoms with Crippen LogP contribution >= 0.6 is 0 Å². The Morgan fingerprint density at radius 2 is 1.61 bits per heavy atom. The number of benzene rings is 4. The van der Waals surface area contributed by atoms with E-state index in [-0.39, 0.29) is 83.1 Å². The minimum atomic E-state index is -0.729. The van der Waals surface area contributed by atoms with Gasteiger partial charge in [-0.1, -0.05) is 45.0 Å². The zero-order valence-corrected chi connectivity index (χ0v) is 30.6. The topological polar surface area (TPSA) is 143 Å². The highest BCUT2D eigenvalue weighted by molar-refractivity contribution is 6.08. The lowest BCUT2D eigenvalue weighted by atomic mass is 9.92. The molecule has 0 radical (unpaired) electrons. The van der Waals surface area contributed by atoms with E-state index in [0.29, 0.717) is 57.6 Å². The number of ether oxygens (including phenoxy) is 1. The summed E-state index contributed by atoms with van der Waals surface area (Å²) < 4.78 is 30.0. The van der Waals surface area contributed by atoms with Crippen LogP contribution in [0.15, 0.2) is 67.5 Å². The molecule has 2 amide bonds. The first-order valence-corrected chi connectivity index (χ1v) is 18.5. The van der Waals surface area contributed by atoms with Crippen LogP contribution in [0.3, 0.4) is 0 Å². The van der Waals surface area contributed by atoms with Crippen molar-refractivity contribution in [2.45, 2.75) is 46.1 Å². The lowest BCUT2D eigenvalue weighted by molar-refractivity contribution is -0.123. The molecule has 54 heavy (non-hydrogen) atoms. The number of aromatic nitrogens is 1. The van der Waals surface area contributed by atoms with Gasteiger partial charge in [-0.3, -0.25) is 28.9 Å². The van der Waals surface area contributed by atoms with Crippen LogP contribution in [0.2, 0.25) is 0 Å². The summed E-state index contributed by atoms with van der Waals surface area (Å²) in [7, 11) is 0. The molecule has 12 nitrogen and oxygen atoms in total. The number of nitrogens with zero attached hydrogens (tertiary/aromatic N) is 3. The van der Waals surface area contributed by atoms with E-state index in [0.717, 1.165) is 25.7 Å². The Morgan fingerprint density at radius 1 is 0.907 bits per heavy atom. The monoisotopic (exact) mass is 735 g/mol. The van der Waals surface area contributed by atoms with Gasteiger partial charge in [-0.15, -0.1) is 0 Å². The van der Waals surface area contributed by atoms with Crippen molar-refractivity contribution in [2.75, 3.05) is 57.4 Å². The largest absolute Gasteiger partial charge is 0.451 e. The molecule has 0 saturated carbocycles. The number of morpholine rings is 1. The summed E-state index contributed by atoms with van der Waals surface area (Å²) >= 11 is 0. The van der Waals surface area contributed by atoms with E-state index in [1.54, 1.807) is 33.6 Å². The number of fused-ring (bicyclic) bond motifs is 4. The van der Waals surface area contributed by atoms with Gasteiger partial charge in [0.05, 0.1) is 24.1 Å². The predicted octanol–water partition coefficient (Wildman–Crippen LogP) is 4.39. The number of amides is 2. The Kier molecular flexibility index (Phi) is 9.09. The molecule has 2 aliphatic heterocycles. The molecule has 13 heteroatoms. The molecule has 6 aromatic rings. The number of carbonyl (C=O) groups is 2. The molecule has 2 aliphatic rings. The van der Waals surface area contributed by atoms with Crippen LogP contribution in [-0.4, -0.2) is 79.6 Å². The molecule has 1 unspecified atom stereocenters. The number of nitrogens with one attached hydrogen (secondary N) is 2. The van der Waals surface area contributed by atoms with Gasteiger partial charge in [-0.2, -0.15) is 0 Å². The van der Waals surface area contributed by atoms with E-state index in [9.17, 15) is 24.0 Å². The van der Waals surface area contributed by atoms with Crippen molar-refractivity contribution in [1.29, 1.82) is 0 Å². The first kappa shape index (κ1) is 35.6. The highest BCUT2D eigenvalue weighted by Crippen LogP contribution is 2.38. The van der Waals surface area contributed by atoms with Gasteiger partial charge in [0.2, 0.25) is 11.3 Å². The van der Waals surface area contributed by atoms with Crippen LogP contribution in [-0.2, 0) is 9.53 Å². The highest BCUT2D eigenvalue weighted by atomic mass is 19.1. The average Bonchev–Trinajstić information content (AvgIpc) is 3.59. The van der Waals surface area contributed by atoms with Crippen LogP contribution in [0.4, 0.5) is 10.1 Å². The van der Waals surface area contributed by atoms with Gasteiger partial charge < -0.3 is 29.1 Å². The van der Waals surface area contributed by atoms with Gasteiger partial charge >= 0.3 is 0 Å². The van der Waals surface area contributed by atoms with E-state index < -0.39 is 17.2 Å². The van der Waals surface area contributed by atoms with E-state index in [1.165, 1.54) is 18.3 Å². The maximum absolute atomic E-state index is 16.5. The molecule has 4 aromatic carbocycles. The molecular formula is C41H42FN5O7. The molecule has 2 fully saturated rings. The van der Waals surface area contributed by atoms with Crippen molar-refractivity contribution in [2.24, 2.45) is 5.41 Å². The summed E-state index contributed by atoms with van der Waals surface area (Å²) in [6.45, 7) is 10.7. The summed E-state index contributed by atoms with van der Waals surface area (Å²) in [4.78, 5) is 72.0. The van der Waals surface area contributed by atoms with Crippen molar-refractivity contribution in [1.82, 2.24) is 19.9 Å². The molecule has 2 saturated heterocycles.